The molecule has 5 heteroatoms. The first-order valence-electron chi connectivity index (χ1n) is 9.95. The highest BCUT2D eigenvalue weighted by molar-refractivity contribution is 5.79. The van der Waals surface area contributed by atoms with Gasteiger partial charge in [0.25, 0.3) is 0 Å². The van der Waals surface area contributed by atoms with Crippen LogP contribution in [0.1, 0.15) is 36.9 Å². The molecule has 2 aromatic carbocycles. The van der Waals surface area contributed by atoms with Crippen LogP contribution in [-0.2, 0) is 14.3 Å². The number of piperidine rings is 1. The van der Waals surface area contributed by atoms with Crippen molar-refractivity contribution in [3.63, 3.8) is 0 Å². The summed E-state index contributed by atoms with van der Waals surface area (Å²) in [5.74, 6) is -0.332. The molecular weight excluding hydrogens is 352 g/mol. The van der Waals surface area contributed by atoms with Crippen LogP contribution in [0, 0.1) is 5.92 Å². The van der Waals surface area contributed by atoms with Crippen LogP contribution in [0.5, 0.6) is 0 Å². The zero-order valence-corrected chi connectivity index (χ0v) is 16.3. The fourth-order valence-corrected chi connectivity index (χ4v) is 3.71. The number of nitrogens with zero attached hydrogens (tertiary/aromatic N) is 1. The minimum absolute atomic E-state index is 0.0396. The third-order valence-electron chi connectivity index (χ3n) is 5.06. The van der Waals surface area contributed by atoms with Crippen molar-refractivity contribution in [3.8, 4) is 0 Å². The molecule has 1 heterocycles. The van der Waals surface area contributed by atoms with E-state index in [2.05, 4.69) is 5.32 Å². The lowest BCUT2D eigenvalue weighted by Gasteiger charge is -2.31. The van der Waals surface area contributed by atoms with Crippen molar-refractivity contribution in [2.24, 2.45) is 5.92 Å². The molecule has 1 aliphatic heterocycles. The summed E-state index contributed by atoms with van der Waals surface area (Å²) >= 11 is 0. The molecule has 28 heavy (non-hydrogen) atoms. The Bertz CT molecular complexity index is 724. The van der Waals surface area contributed by atoms with Gasteiger partial charge in [0.1, 0.15) is 0 Å². The Hall–Kier alpha value is -2.66. The number of hydrogen-bond acceptors (Lipinski definition) is 4. The molecule has 1 saturated heterocycles. The molecule has 1 unspecified atom stereocenters. The average molecular weight is 380 g/mol. The van der Waals surface area contributed by atoms with Crippen molar-refractivity contribution in [2.75, 3.05) is 26.2 Å². The molecule has 0 saturated carbocycles. The van der Waals surface area contributed by atoms with E-state index in [0.717, 1.165) is 30.5 Å². The first-order valence-corrected chi connectivity index (χ1v) is 9.95. The summed E-state index contributed by atoms with van der Waals surface area (Å²) in [4.78, 5) is 26.9. The zero-order valence-electron chi connectivity index (χ0n) is 16.3. The number of carbonyl (C=O) groups excluding carboxylic acids is 2. The Kier molecular flexibility index (Phi) is 7.20. The van der Waals surface area contributed by atoms with E-state index >= 15 is 0 Å². The largest absolute Gasteiger partial charge is 0.466 e. The van der Waals surface area contributed by atoms with Crippen LogP contribution < -0.4 is 5.32 Å². The summed E-state index contributed by atoms with van der Waals surface area (Å²) in [5.41, 5.74) is 2.09. The van der Waals surface area contributed by atoms with Crippen LogP contribution in [0.4, 0.5) is 0 Å². The van der Waals surface area contributed by atoms with E-state index in [1.165, 1.54) is 0 Å². The van der Waals surface area contributed by atoms with Gasteiger partial charge < -0.3 is 10.1 Å². The maximum absolute atomic E-state index is 12.8. The van der Waals surface area contributed by atoms with Gasteiger partial charge in [-0.25, -0.2) is 0 Å². The first-order chi connectivity index (χ1) is 13.7. The van der Waals surface area contributed by atoms with Gasteiger partial charge >= 0.3 is 5.97 Å². The molecule has 148 valence electrons. The molecule has 2 aromatic rings. The van der Waals surface area contributed by atoms with Crippen molar-refractivity contribution in [3.05, 3.63) is 71.8 Å². The van der Waals surface area contributed by atoms with Gasteiger partial charge in [0.05, 0.1) is 25.1 Å². The molecule has 1 fully saturated rings. The van der Waals surface area contributed by atoms with Crippen LogP contribution in [0.15, 0.2) is 60.7 Å². The van der Waals surface area contributed by atoms with Crippen LogP contribution >= 0.6 is 0 Å². The Morgan fingerprint density at radius 3 is 2.25 bits per heavy atom. The molecule has 5 nitrogen and oxygen atoms in total. The fourth-order valence-electron chi connectivity index (χ4n) is 3.71. The van der Waals surface area contributed by atoms with Gasteiger partial charge in [0.15, 0.2) is 0 Å². The quantitative estimate of drug-likeness (QED) is 0.750. The van der Waals surface area contributed by atoms with E-state index in [0.29, 0.717) is 13.2 Å². The van der Waals surface area contributed by atoms with E-state index < -0.39 is 0 Å². The summed E-state index contributed by atoms with van der Waals surface area (Å²) in [6.45, 7) is 3.90. The highest BCUT2D eigenvalue weighted by Crippen LogP contribution is 2.22. The molecule has 0 aromatic heterocycles. The van der Waals surface area contributed by atoms with Gasteiger partial charge in [0.2, 0.25) is 5.91 Å². The normalized spacial score (nSPS) is 17.3. The number of likely N-dealkylation sites (tertiary alicyclic amines) is 1. The third kappa shape index (κ3) is 5.42. The second-order valence-corrected chi connectivity index (χ2v) is 7.15. The predicted octanol–water partition coefficient (Wildman–Crippen LogP) is 3.17. The number of nitrogens with one attached hydrogen (secondary N) is 1. The summed E-state index contributed by atoms with van der Waals surface area (Å²) in [5, 5.41) is 3.17. The van der Waals surface area contributed by atoms with E-state index in [1.54, 1.807) is 0 Å². The number of amides is 1. The smallest absolute Gasteiger partial charge is 0.310 e. The van der Waals surface area contributed by atoms with Crippen LogP contribution in [0.25, 0.3) is 0 Å². The van der Waals surface area contributed by atoms with Gasteiger partial charge in [-0.1, -0.05) is 60.7 Å². The number of benzene rings is 2. The second-order valence-electron chi connectivity index (χ2n) is 7.15. The molecule has 0 radical (unpaired) electrons. The zero-order chi connectivity index (χ0) is 19.8. The lowest BCUT2D eigenvalue weighted by atomic mass is 9.97. The van der Waals surface area contributed by atoms with E-state index in [4.69, 9.17) is 4.74 Å². The monoisotopic (exact) mass is 380 g/mol. The van der Waals surface area contributed by atoms with E-state index in [-0.39, 0.29) is 30.4 Å². The standard InChI is InChI=1S/C23H28N2O3/c1-2-28-23(27)20-14-9-15-25(16-20)17-21(26)24-22(18-10-5-3-6-11-18)19-12-7-4-8-13-19/h3-8,10-13,20,22H,2,9,14-17H2,1H3,(H,24,26). The molecule has 0 spiro atoms. The molecule has 1 N–H and O–H groups in total. The maximum Gasteiger partial charge on any atom is 0.310 e. The van der Waals surface area contributed by atoms with E-state index in [1.807, 2.05) is 72.5 Å². The summed E-state index contributed by atoms with van der Waals surface area (Å²) in [6.07, 6.45) is 1.73. The molecule has 3 rings (SSSR count). The Morgan fingerprint density at radius 1 is 1.07 bits per heavy atom. The Morgan fingerprint density at radius 2 is 1.68 bits per heavy atom. The number of carbonyl (C=O) groups is 2. The second kappa shape index (κ2) is 10.0. The average Bonchev–Trinajstić information content (AvgIpc) is 2.73. The predicted molar refractivity (Wildman–Crippen MR) is 109 cm³/mol. The molecule has 0 bridgehead atoms. The van der Waals surface area contributed by atoms with E-state index in [9.17, 15) is 9.59 Å². The Balaban J connectivity index is 1.65. The number of ether oxygens (including phenoxy) is 1. The van der Waals surface area contributed by atoms with Crippen LogP contribution in [0.3, 0.4) is 0 Å². The molecule has 1 atom stereocenters. The SMILES string of the molecule is CCOC(=O)C1CCCN(CC(=O)NC(c2ccccc2)c2ccccc2)C1. The van der Waals surface area contributed by atoms with Gasteiger partial charge in [-0.15, -0.1) is 0 Å². The number of hydrogen-bond donors (Lipinski definition) is 1. The van der Waals surface area contributed by atoms with Crippen molar-refractivity contribution in [1.82, 2.24) is 10.2 Å². The van der Waals surface area contributed by atoms with Gasteiger partial charge in [-0.05, 0) is 37.4 Å². The topological polar surface area (TPSA) is 58.6 Å². The lowest BCUT2D eigenvalue weighted by molar-refractivity contribution is -0.150. The molecule has 1 amide bonds. The molecular formula is C23H28N2O3. The minimum Gasteiger partial charge on any atom is -0.466 e. The highest BCUT2D eigenvalue weighted by Gasteiger charge is 2.28. The maximum atomic E-state index is 12.8. The van der Waals surface area contributed by atoms with Crippen LogP contribution in [-0.4, -0.2) is 43.0 Å². The first kappa shape index (κ1) is 20.1. The minimum atomic E-state index is -0.194. The fraction of sp³-hybridized carbons (Fsp3) is 0.391. The summed E-state index contributed by atoms with van der Waals surface area (Å²) < 4.78 is 5.15. The molecule has 1 aliphatic rings. The van der Waals surface area contributed by atoms with Crippen molar-refractivity contribution in [2.45, 2.75) is 25.8 Å². The van der Waals surface area contributed by atoms with Gasteiger partial charge in [-0.3, -0.25) is 14.5 Å². The van der Waals surface area contributed by atoms with Crippen molar-refractivity contribution < 1.29 is 14.3 Å². The van der Waals surface area contributed by atoms with Gasteiger partial charge in [-0.2, -0.15) is 0 Å². The number of rotatable bonds is 7. The third-order valence-corrected chi connectivity index (χ3v) is 5.06. The van der Waals surface area contributed by atoms with Crippen molar-refractivity contribution in [1.29, 1.82) is 0 Å². The summed E-state index contributed by atoms with van der Waals surface area (Å²) in [6, 6.07) is 19.8. The number of esters is 1. The van der Waals surface area contributed by atoms with Crippen molar-refractivity contribution >= 4 is 11.9 Å². The summed E-state index contributed by atoms with van der Waals surface area (Å²) in [7, 11) is 0. The molecule has 0 aliphatic carbocycles. The highest BCUT2D eigenvalue weighted by atomic mass is 16.5. The lowest BCUT2D eigenvalue weighted by Crippen LogP contribution is -2.45. The van der Waals surface area contributed by atoms with Gasteiger partial charge in [0, 0.05) is 6.54 Å². The Labute approximate surface area is 166 Å². The van der Waals surface area contributed by atoms with Crippen LogP contribution in [0.2, 0.25) is 0 Å².